The van der Waals surface area contributed by atoms with Gasteiger partial charge < -0.3 is 14.4 Å². The molecule has 0 spiro atoms. The van der Waals surface area contributed by atoms with Crippen LogP contribution in [0.4, 0.5) is 0 Å². The number of likely N-dealkylation sites (tertiary alicyclic amines) is 1. The van der Waals surface area contributed by atoms with Gasteiger partial charge in [0.25, 0.3) is 0 Å². The topological polar surface area (TPSA) is 55.8 Å². The Balaban J connectivity index is 2.22. The van der Waals surface area contributed by atoms with E-state index in [0.717, 1.165) is 70.9 Å². The van der Waals surface area contributed by atoms with Gasteiger partial charge in [-0.05, 0) is 64.6 Å². The second-order valence-electron chi connectivity index (χ2n) is 8.39. The molecule has 0 bridgehead atoms. The van der Waals surface area contributed by atoms with Gasteiger partial charge in [0.2, 0.25) is 0 Å². The SMILES string of the molecule is CCCCCCOC(=O)CCCC(CCCC)COC(=O)C1CCN(C)CC1. The Bertz CT molecular complexity index is 419. The molecule has 0 aromatic heterocycles. The number of rotatable bonds is 15. The fourth-order valence-electron chi connectivity index (χ4n) is 3.69. The molecule has 5 heteroatoms. The van der Waals surface area contributed by atoms with Crippen molar-refractivity contribution in [3.63, 3.8) is 0 Å². The van der Waals surface area contributed by atoms with Crippen molar-refractivity contribution in [1.82, 2.24) is 4.90 Å². The molecule has 164 valence electrons. The van der Waals surface area contributed by atoms with E-state index in [1.165, 1.54) is 12.8 Å². The molecule has 0 aromatic rings. The highest BCUT2D eigenvalue weighted by Crippen LogP contribution is 2.21. The lowest BCUT2D eigenvalue weighted by Gasteiger charge is -2.28. The molecule has 0 N–H and O–H groups in total. The van der Waals surface area contributed by atoms with Crippen LogP contribution < -0.4 is 0 Å². The van der Waals surface area contributed by atoms with Crippen LogP contribution in [0.2, 0.25) is 0 Å². The molecule has 5 nitrogen and oxygen atoms in total. The molecule has 28 heavy (non-hydrogen) atoms. The van der Waals surface area contributed by atoms with Gasteiger partial charge in [-0.15, -0.1) is 0 Å². The standard InChI is InChI=1S/C23H43NO4/c1-4-6-8-9-18-27-22(25)13-10-12-20(11-7-5-2)19-28-23(26)21-14-16-24(3)17-15-21/h20-21H,4-19H2,1-3H3. The lowest BCUT2D eigenvalue weighted by atomic mass is 9.95. The van der Waals surface area contributed by atoms with Crippen LogP contribution in [0, 0.1) is 11.8 Å². The van der Waals surface area contributed by atoms with Crippen LogP contribution in [0.5, 0.6) is 0 Å². The fourth-order valence-corrected chi connectivity index (χ4v) is 3.69. The Morgan fingerprint density at radius 2 is 1.61 bits per heavy atom. The third-order valence-electron chi connectivity index (χ3n) is 5.73. The lowest BCUT2D eigenvalue weighted by Crippen LogP contribution is -2.34. The van der Waals surface area contributed by atoms with Crippen molar-refractivity contribution in [3.05, 3.63) is 0 Å². The molecule has 1 fully saturated rings. The largest absolute Gasteiger partial charge is 0.466 e. The summed E-state index contributed by atoms with van der Waals surface area (Å²) in [4.78, 5) is 26.5. The average molecular weight is 398 g/mol. The maximum atomic E-state index is 12.3. The number of carbonyl (C=O) groups is 2. The van der Waals surface area contributed by atoms with E-state index in [2.05, 4.69) is 25.8 Å². The van der Waals surface area contributed by atoms with E-state index >= 15 is 0 Å². The van der Waals surface area contributed by atoms with Crippen molar-refractivity contribution in [3.8, 4) is 0 Å². The third-order valence-corrected chi connectivity index (χ3v) is 5.73. The van der Waals surface area contributed by atoms with Gasteiger partial charge in [0.1, 0.15) is 0 Å². The Labute approximate surface area is 172 Å². The van der Waals surface area contributed by atoms with Crippen LogP contribution in [0.25, 0.3) is 0 Å². The van der Waals surface area contributed by atoms with Crippen molar-refractivity contribution in [2.75, 3.05) is 33.4 Å². The first-order valence-electron chi connectivity index (χ1n) is 11.6. The molecule has 1 aliphatic rings. The highest BCUT2D eigenvalue weighted by atomic mass is 16.5. The molecule has 1 aliphatic heterocycles. The minimum absolute atomic E-state index is 0.0268. The molecule has 1 heterocycles. The quantitative estimate of drug-likeness (QED) is 0.288. The summed E-state index contributed by atoms with van der Waals surface area (Å²) < 4.78 is 11.0. The van der Waals surface area contributed by atoms with Gasteiger partial charge in [-0.3, -0.25) is 9.59 Å². The van der Waals surface area contributed by atoms with Crippen molar-refractivity contribution in [1.29, 1.82) is 0 Å². The van der Waals surface area contributed by atoms with E-state index in [-0.39, 0.29) is 17.9 Å². The van der Waals surface area contributed by atoms with Crippen LogP contribution in [0.15, 0.2) is 0 Å². The number of ether oxygens (including phenoxy) is 2. The normalized spacial score (nSPS) is 16.7. The highest BCUT2D eigenvalue weighted by molar-refractivity contribution is 5.72. The van der Waals surface area contributed by atoms with E-state index < -0.39 is 0 Å². The van der Waals surface area contributed by atoms with Gasteiger partial charge in [-0.2, -0.15) is 0 Å². The summed E-state index contributed by atoms with van der Waals surface area (Å²) in [5, 5.41) is 0. The zero-order valence-corrected chi connectivity index (χ0v) is 18.5. The van der Waals surface area contributed by atoms with Crippen LogP contribution in [-0.4, -0.2) is 50.2 Å². The summed E-state index contributed by atoms with van der Waals surface area (Å²) in [6.07, 6.45) is 11.8. The molecule has 0 amide bonds. The van der Waals surface area contributed by atoms with Crippen molar-refractivity contribution < 1.29 is 19.1 Å². The Morgan fingerprint density at radius 3 is 2.29 bits per heavy atom. The Morgan fingerprint density at radius 1 is 0.929 bits per heavy atom. The second kappa shape index (κ2) is 15.8. The Kier molecular flexibility index (Phi) is 14.1. The molecule has 0 aromatic carbocycles. The van der Waals surface area contributed by atoms with Crippen LogP contribution in [0.3, 0.4) is 0 Å². The molecule has 0 aliphatic carbocycles. The van der Waals surface area contributed by atoms with Gasteiger partial charge in [-0.1, -0.05) is 46.0 Å². The summed E-state index contributed by atoms with van der Waals surface area (Å²) in [6.45, 7) is 7.34. The predicted molar refractivity (Wildman–Crippen MR) is 113 cm³/mol. The highest BCUT2D eigenvalue weighted by Gasteiger charge is 2.25. The molecular formula is C23H43NO4. The number of piperidine rings is 1. The molecular weight excluding hydrogens is 354 g/mol. The molecule has 1 saturated heterocycles. The van der Waals surface area contributed by atoms with E-state index in [9.17, 15) is 9.59 Å². The van der Waals surface area contributed by atoms with Gasteiger partial charge >= 0.3 is 11.9 Å². The molecule has 1 rings (SSSR count). The van der Waals surface area contributed by atoms with Gasteiger partial charge in [0.15, 0.2) is 0 Å². The van der Waals surface area contributed by atoms with Gasteiger partial charge in [0, 0.05) is 6.42 Å². The summed E-state index contributed by atoms with van der Waals surface area (Å²) in [5.41, 5.74) is 0. The van der Waals surface area contributed by atoms with Gasteiger partial charge in [0.05, 0.1) is 19.1 Å². The Hall–Kier alpha value is -1.10. The maximum absolute atomic E-state index is 12.3. The fraction of sp³-hybridized carbons (Fsp3) is 0.913. The molecule has 1 unspecified atom stereocenters. The number of hydrogen-bond acceptors (Lipinski definition) is 5. The summed E-state index contributed by atoms with van der Waals surface area (Å²) >= 11 is 0. The number of nitrogens with zero attached hydrogens (tertiary/aromatic N) is 1. The average Bonchev–Trinajstić information content (AvgIpc) is 2.69. The zero-order valence-electron chi connectivity index (χ0n) is 18.5. The summed E-state index contributed by atoms with van der Waals surface area (Å²) in [6, 6.07) is 0. The molecule has 0 saturated carbocycles. The number of unbranched alkanes of at least 4 members (excludes halogenated alkanes) is 4. The van der Waals surface area contributed by atoms with Crippen LogP contribution in [0.1, 0.15) is 90.9 Å². The lowest BCUT2D eigenvalue weighted by molar-refractivity contribution is -0.152. The van der Waals surface area contributed by atoms with E-state index in [1.807, 2.05) is 0 Å². The monoisotopic (exact) mass is 397 g/mol. The minimum Gasteiger partial charge on any atom is -0.466 e. The second-order valence-corrected chi connectivity index (χ2v) is 8.39. The smallest absolute Gasteiger partial charge is 0.309 e. The summed E-state index contributed by atoms with van der Waals surface area (Å²) in [5.74, 6) is 0.299. The van der Waals surface area contributed by atoms with Gasteiger partial charge in [-0.25, -0.2) is 0 Å². The first kappa shape index (κ1) is 24.9. The first-order valence-corrected chi connectivity index (χ1v) is 11.6. The maximum Gasteiger partial charge on any atom is 0.309 e. The van der Waals surface area contributed by atoms with Crippen molar-refractivity contribution >= 4 is 11.9 Å². The van der Waals surface area contributed by atoms with Crippen LogP contribution >= 0.6 is 0 Å². The molecule has 0 radical (unpaired) electrons. The number of esters is 2. The first-order chi connectivity index (χ1) is 13.6. The van der Waals surface area contributed by atoms with Crippen molar-refractivity contribution in [2.45, 2.75) is 90.9 Å². The zero-order chi connectivity index (χ0) is 20.6. The number of carbonyl (C=O) groups excluding carboxylic acids is 2. The molecule has 1 atom stereocenters. The van der Waals surface area contributed by atoms with Crippen LogP contribution in [-0.2, 0) is 19.1 Å². The van der Waals surface area contributed by atoms with Crippen molar-refractivity contribution in [2.24, 2.45) is 11.8 Å². The van der Waals surface area contributed by atoms with E-state index in [1.54, 1.807) is 0 Å². The predicted octanol–water partition coefficient (Wildman–Crippen LogP) is 4.97. The van der Waals surface area contributed by atoms with E-state index in [4.69, 9.17) is 9.47 Å². The third kappa shape index (κ3) is 11.7. The summed E-state index contributed by atoms with van der Waals surface area (Å²) in [7, 11) is 2.10. The minimum atomic E-state index is -0.0888. The number of hydrogen-bond donors (Lipinski definition) is 0. The van der Waals surface area contributed by atoms with E-state index in [0.29, 0.717) is 25.6 Å².